The fourth-order valence-electron chi connectivity index (χ4n) is 2.68. The van der Waals surface area contributed by atoms with E-state index in [1.807, 2.05) is 11.8 Å². The quantitative estimate of drug-likeness (QED) is 0.899. The molecule has 0 aromatic heterocycles. The maximum Gasteiger partial charge on any atom is 0.254 e. The van der Waals surface area contributed by atoms with Gasteiger partial charge in [-0.25, -0.2) is 4.39 Å². The third kappa shape index (κ3) is 4.65. The van der Waals surface area contributed by atoms with Crippen LogP contribution in [0, 0.1) is 5.82 Å². The first-order valence-electron chi connectivity index (χ1n) is 7.95. The highest BCUT2D eigenvalue weighted by Gasteiger charge is 2.23. The summed E-state index contributed by atoms with van der Waals surface area (Å²) < 4.78 is 19.7. The van der Waals surface area contributed by atoms with E-state index in [0.29, 0.717) is 44.1 Å². The van der Waals surface area contributed by atoms with Gasteiger partial charge in [-0.3, -0.25) is 4.79 Å². The Morgan fingerprint density at radius 2 is 2.04 bits per heavy atom. The van der Waals surface area contributed by atoms with Gasteiger partial charge in [-0.15, -0.1) is 0 Å². The third-order valence-corrected chi connectivity index (χ3v) is 3.79. The van der Waals surface area contributed by atoms with Gasteiger partial charge in [-0.1, -0.05) is 0 Å². The predicted octanol–water partition coefficient (Wildman–Crippen LogP) is 1.90. The molecule has 0 radical (unpaired) electrons. The van der Waals surface area contributed by atoms with E-state index in [4.69, 9.17) is 4.74 Å². The van der Waals surface area contributed by atoms with Crippen molar-refractivity contribution in [2.75, 3.05) is 44.3 Å². The van der Waals surface area contributed by atoms with Gasteiger partial charge in [0.25, 0.3) is 5.91 Å². The molecule has 2 rings (SSSR count). The SMILES string of the molecule is CCN(CC(C)(C)O)C(=O)c1ccc(N2CCOCC2)c(F)c1. The van der Waals surface area contributed by atoms with Crippen LogP contribution in [0.15, 0.2) is 18.2 Å². The van der Waals surface area contributed by atoms with Crippen LogP contribution >= 0.6 is 0 Å². The summed E-state index contributed by atoms with van der Waals surface area (Å²) in [4.78, 5) is 15.9. The van der Waals surface area contributed by atoms with Crippen LogP contribution in [0.1, 0.15) is 31.1 Å². The highest BCUT2D eigenvalue weighted by Crippen LogP contribution is 2.22. The molecule has 23 heavy (non-hydrogen) atoms. The molecule has 0 saturated carbocycles. The summed E-state index contributed by atoms with van der Waals surface area (Å²) in [5.41, 5.74) is -0.196. The predicted molar refractivity (Wildman–Crippen MR) is 87.3 cm³/mol. The van der Waals surface area contributed by atoms with Gasteiger partial charge in [-0.05, 0) is 39.0 Å². The summed E-state index contributed by atoms with van der Waals surface area (Å²) in [7, 11) is 0. The van der Waals surface area contributed by atoms with Crippen LogP contribution in [0.3, 0.4) is 0 Å². The van der Waals surface area contributed by atoms with Crippen LogP contribution in [-0.2, 0) is 4.74 Å². The number of likely N-dealkylation sites (N-methyl/N-ethyl adjacent to an activating group) is 1. The van der Waals surface area contributed by atoms with Crippen LogP contribution in [0.2, 0.25) is 0 Å². The second-order valence-electron chi connectivity index (χ2n) is 6.40. The standard InChI is InChI=1S/C17H25FN2O3/c1-4-19(12-17(2,3)22)16(21)13-5-6-15(14(18)11-13)20-7-9-23-10-8-20/h5-6,11,22H,4,7-10,12H2,1-3H3. The lowest BCUT2D eigenvalue weighted by Crippen LogP contribution is -2.42. The van der Waals surface area contributed by atoms with E-state index >= 15 is 0 Å². The minimum absolute atomic E-state index is 0.204. The molecule has 6 heteroatoms. The molecule has 1 aliphatic rings. The average Bonchev–Trinajstić information content (AvgIpc) is 2.51. The van der Waals surface area contributed by atoms with Crippen molar-refractivity contribution in [1.82, 2.24) is 4.90 Å². The first-order chi connectivity index (χ1) is 10.8. The molecule has 1 aliphatic heterocycles. The number of nitrogens with zero attached hydrogens (tertiary/aromatic N) is 2. The van der Waals surface area contributed by atoms with Gasteiger partial charge in [0.2, 0.25) is 0 Å². The molecule has 1 heterocycles. The molecule has 1 amide bonds. The molecule has 1 aromatic carbocycles. The van der Waals surface area contributed by atoms with E-state index in [1.54, 1.807) is 26.0 Å². The Kier molecular flexibility index (Phi) is 5.59. The van der Waals surface area contributed by atoms with Crippen LogP contribution in [-0.4, -0.2) is 60.9 Å². The summed E-state index contributed by atoms with van der Waals surface area (Å²) in [6.07, 6.45) is 0. The van der Waals surface area contributed by atoms with E-state index in [-0.39, 0.29) is 12.5 Å². The lowest BCUT2D eigenvalue weighted by Gasteiger charge is -2.30. The van der Waals surface area contributed by atoms with Crippen molar-refractivity contribution in [2.24, 2.45) is 0 Å². The topological polar surface area (TPSA) is 53.0 Å². The number of rotatable bonds is 5. The number of ether oxygens (including phenoxy) is 1. The molecule has 128 valence electrons. The summed E-state index contributed by atoms with van der Waals surface area (Å²) >= 11 is 0. The highest BCUT2D eigenvalue weighted by atomic mass is 19.1. The van der Waals surface area contributed by atoms with Gasteiger partial charge in [0.1, 0.15) is 5.82 Å². The van der Waals surface area contributed by atoms with Gasteiger partial charge >= 0.3 is 0 Å². The molecule has 0 bridgehead atoms. The number of hydrogen-bond donors (Lipinski definition) is 1. The van der Waals surface area contributed by atoms with E-state index < -0.39 is 11.4 Å². The highest BCUT2D eigenvalue weighted by molar-refractivity contribution is 5.94. The molecule has 5 nitrogen and oxygen atoms in total. The normalized spacial score (nSPS) is 15.6. The lowest BCUT2D eigenvalue weighted by atomic mass is 10.1. The van der Waals surface area contributed by atoms with E-state index in [2.05, 4.69) is 0 Å². The van der Waals surface area contributed by atoms with Crippen molar-refractivity contribution in [3.8, 4) is 0 Å². The molecule has 1 N–H and O–H groups in total. The molecule has 0 aliphatic carbocycles. The lowest BCUT2D eigenvalue weighted by molar-refractivity contribution is 0.0314. The van der Waals surface area contributed by atoms with Gasteiger partial charge in [0.05, 0.1) is 24.5 Å². The van der Waals surface area contributed by atoms with E-state index in [9.17, 15) is 14.3 Å². The molecule has 1 aromatic rings. The Balaban J connectivity index is 2.16. The van der Waals surface area contributed by atoms with Gasteiger partial charge in [0, 0.05) is 31.7 Å². The maximum atomic E-state index is 14.4. The summed E-state index contributed by atoms with van der Waals surface area (Å²) in [6.45, 7) is 8.22. The number of carbonyl (C=O) groups is 1. The molecular weight excluding hydrogens is 299 g/mol. The zero-order valence-corrected chi connectivity index (χ0v) is 14.0. The van der Waals surface area contributed by atoms with Crippen molar-refractivity contribution in [2.45, 2.75) is 26.4 Å². The molecule has 0 atom stereocenters. The first kappa shape index (κ1) is 17.7. The maximum absolute atomic E-state index is 14.4. The largest absolute Gasteiger partial charge is 0.389 e. The first-order valence-corrected chi connectivity index (χ1v) is 7.95. The van der Waals surface area contributed by atoms with Gasteiger partial charge < -0.3 is 19.6 Å². The smallest absolute Gasteiger partial charge is 0.254 e. The fourth-order valence-corrected chi connectivity index (χ4v) is 2.68. The second kappa shape index (κ2) is 7.27. The van der Waals surface area contributed by atoms with Crippen molar-refractivity contribution in [1.29, 1.82) is 0 Å². The number of carbonyl (C=O) groups excluding carboxylic acids is 1. The third-order valence-electron chi connectivity index (χ3n) is 3.79. The summed E-state index contributed by atoms with van der Waals surface area (Å²) in [6, 6.07) is 4.56. The summed E-state index contributed by atoms with van der Waals surface area (Å²) in [5.74, 6) is -0.681. The number of aliphatic hydroxyl groups is 1. The molecule has 1 fully saturated rings. The van der Waals surface area contributed by atoms with Crippen LogP contribution < -0.4 is 4.90 Å². The zero-order chi connectivity index (χ0) is 17.0. The van der Waals surface area contributed by atoms with Crippen LogP contribution in [0.5, 0.6) is 0 Å². The van der Waals surface area contributed by atoms with Crippen molar-refractivity contribution in [3.05, 3.63) is 29.6 Å². The molecular formula is C17H25FN2O3. The minimum atomic E-state index is -0.988. The average molecular weight is 324 g/mol. The number of hydrogen-bond acceptors (Lipinski definition) is 4. The van der Waals surface area contributed by atoms with Crippen LogP contribution in [0.25, 0.3) is 0 Å². The van der Waals surface area contributed by atoms with E-state index in [0.717, 1.165) is 0 Å². The Bertz CT molecular complexity index is 551. The summed E-state index contributed by atoms with van der Waals surface area (Å²) in [5, 5.41) is 9.90. The Hall–Kier alpha value is -1.66. The van der Waals surface area contributed by atoms with Gasteiger partial charge in [0.15, 0.2) is 0 Å². The Morgan fingerprint density at radius 1 is 1.39 bits per heavy atom. The van der Waals surface area contributed by atoms with Crippen molar-refractivity contribution in [3.63, 3.8) is 0 Å². The monoisotopic (exact) mass is 324 g/mol. The van der Waals surface area contributed by atoms with Crippen molar-refractivity contribution < 1.29 is 19.0 Å². The minimum Gasteiger partial charge on any atom is -0.389 e. The number of morpholine rings is 1. The molecule has 0 unspecified atom stereocenters. The van der Waals surface area contributed by atoms with Crippen LogP contribution in [0.4, 0.5) is 10.1 Å². The molecule has 1 saturated heterocycles. The number of halogens is 1. The van der Waals surface area contributed by atoms with Gasteiger partial charge in [-0.2, -0.15) is 0 Å². The number of anilines is 1. The molecule has 0 spiro atoms. The number of benzene rings is 1. The zero-order valence-electron chi connectivity index (χ0n) is 14.0. The van der Waals surface area contributed by atoms with Crippen molar-refractivity contribution >= 4 is 11.6 Å². The second-order valence-corrected chi connectivity index (χ2v) is 6.40. The number of amides is 1. The van der Waals surface area contributed by atoms with E-state index in [1.165, 1.54) is 11.0 Å². The Labute approximate surface area is 136 Å². The Morgan fingerprint density at radius 3 is 2.57 bits per heavy atom. The fraction of sp³-hybridized carbons (Fsp3) is 0.588.